The molecule has 2 aliphatic heterocycles. The Morgan fingerprint density at radius 2 is 1.90 bits per heavy atom. The van der Waals surface area contributed by atoms with Crippen LogP contribution in [0.15, 0.2) is 18.2 Å². The highest BCUT2D eigenvalue weighted by Gasteiger charge is 2.32. The molecule has 3 rings (SSSR count). The first-order valence-electron chi connectivity index (χ1n) is 8.06. The number of hydrogen-bond acceptors (Lipinski definition) is 4. The van der Waals surface area contributed by atoms with E-state index in [1.807, 2.05) is 18.2 Å². The van der Waals surface area contributed by atoms with Crippen LogP contribution in [0.2, 0.25) is 0 Å². The first-order valence-corrected chi connectivity index (χ1v) is 8.06. The molecule has 1 unspecified atom stereocenters. The first-order chi connectivity index (χ1) is 10.2. The Balaban J connectivity index is 1.83. The minimum atomic E-state index is -0.741. The third kappa shape index (κ3) is 3.16. The zero-order valence-electron chi connectivity index (χ0n) is 12.8. The maximum Gasteiger partial charge on any atom is 0.161 e. The highest BCUT2D eigenvalue weighted by atomic mass is 16.5. The van der Waals surface area contributed by atoms with Crippen molar-refractivity contribution >= 4 is 0 Å². The number of aliphatic hydroxyl groups is 1. The summed E-state index contributed by atoms with van der Waals surface area (Å²) in [4.78, 5) is 2.40. The normalized spacial score (nSPS) is 27.0. The van der Waals surface area contributed by atoms with Crippen molar-refractivity contribution in [3.63, 3.8) is 0 Å². The maximum absolute atomic E-state index is 11.1. The zero-order chi connectivity index (χ0) is 14.7. The molecule has 1 N–H and O–H groups in total. The molecule has 0 aromatic heterocycles. The number of fused-ring (bicyclic) bond motifs is 1. The monoisotopic (exact) mass is 291 g/mol. The minimum Gasteiger partial charge on any atom is -0.490 e. The Morgan fingerprint density at radius 3 is 2.71 bits per heavy atom. The lowest BCUT2D eigenvalue weighted by Crippen LogP contribution is -2.29. The third-order valence-corrected chi connectivity index (χ3v) is 4.64. The second-order valence-electron chi connectivity index (χ2n) is 6.03. The molecular weight excluding hydrogens is 266 g/mol. The van der Waals surface area contributed by atoms with Gasteiger partial charge in [0.15, 0.2) is 11.5 Å². The Kier molecular flexibility index (Phi) is 4.36. The highest BCUT2D eigenvalue weighted by molar-refractivity contribution is 5.45. The van der Waals surface area contributed by atoms with Crippen LogP contribution in [0.1, 0.15) is 38.2 Å². The summed E-state index contributed by atoms with van der Waals surface area (Å²) in [6.45, 7) is 6.63. The van der Waals surface area contributed by atoms with Crippen LogP contribution in [-0.4, -0.2) is 42.9 Å². The third-order valence-electron chi connectivity index (χ3n) is 4.64. The molecule has 1 atom stereocenters. The van der Waals surface area contributed by atoms with Crippen LogP contribution in [-0.2, 0) is 5.60 Å². The SMILES string of the molecule is CCN1CCCC(O)(c2ccc3c(c2)OCCCO3)CC1. The molecule has 1 aromatic rings. The molecule has 1 fully saturated rings. The number of ether oxygens (including phenoxy) is 2. The Morgan fingerprint density at radius 1 is 1.10 bits per heavy atom. The Bertz CT molecular complexity index is 491. The average molecular weight is 291 g/mol. The maximum atomic E-state index is 11.1. The Hall–Kier alpha value is -1.26. The van der Waals surface area contributed by atoms with E-state index < -0.39 is 5.60 Å². The van der Waals surface area contributed by atoms with Gasteiger partial charge in [-0.3, -0.25) is 0 Å². The predicted molar refractivity (Wildman–Crippen MR) is 81.9 cm³/mol. The number of hydrogen-bond donors (Lipinski definition) is 1. The number of likely N-dealkylation sites (tertiary alicyclic amines) is 1. The molecule has 1 aromatic carbocycles. The van der Waals surface area contributed by atoms with Gasteiger partial charge in [0, 0.05) is 13.0 Å². The van der Waals surface area contributed by atoms with E-state index in [0.29, 0.717) is 13.2 Å². The fourth-order valence-electron chi connectivity index (χ4n) is 3.23. The molecule has 0 amide bonds. The van der Waals surface area contributed by atoms with Gasteiger partial charge in [0.2, 0.25) is 0 Å². The van der Waals surface area contributed by atoms with Crippen molar-refractivity contribution in [1.82, 2.24) is 4.90 Å². The number of rotatable bonds is 2. The van der Waals surface area contributed by atoms with Gasteiger partial charge in [-0.1, -0.05) is 13.0 Å². The van der Waals surface area contributed by atoms with Crippen LogP contribution < -0.4 is 9.47 Å². The fraction of sp³-hybridized carbons (Fsp3) is 0.647. The molecule has 0 spiro atoms. The standard InChI is InChI=1S/C17H25NO3/c1-2-18-9-3-7-17(19,8-10-18)14-5-6-15-16(13-14)21-12-4-11-20-15/h5-6,13,19H,2-4,7-12H2,1H3. The number of benzene rings is 1. The van der Waals surface area contributed by atoms with E-state index in [0.717, 1.165) is 62.4 Å². The van der Waals surface area contributed by atoms with E-state index in [9.17, 15) is 5.11 Å². The van der Waals surface area contributed by atoms with Crippen LogP contribution in [0, 0.1) is 0 Å². The van der Waals surface area contributed by atoms with Gasteiger partial charge in [0.1, 0.15) is 0 Å². The molecule has 4 nitrogen and oxygen atoms in total. The second kappa shape index (κ2) is 6.24. The summed E-state index contributed by atoms with van der Waals surface area (Å²) in [6.07, 6.45) is 3.52. The zero-order valence-corrected chi connectivity index (χ0v) is 12.8. The van der Waals surface area contributed by atoms with Crippen LogP contribution in [0.25, 0.3) is 0 Å². The highest BCUT2D eigenvalue weighted by Crippen LogP contribution is 2.38. The van der Waals surface area contributed by atoms with Gasteiger partial charge in [-0.2, -0.15) is 0 Å². The molecule has 4 heteroatoms. The average Bonchev–Trinajstić information content (AvgIpc) is 2.85. The molecule has 2 aliphatic rings. The van der Waals surface area contributed by atoms with E-state index in [4.69, 9.17) is 9.47 Å². The van der Waals surface area contributed by atoms with E-state index in [2.05, 4.69) is 11.8 Å². The van der Waals surface area contributed by atoms with Crippen molar-refractivity contribution in [3.8, 4) is 11.5 Å². The topological polar surface area (TPSA) is 41.9 Å². The summed E-state index contributed by atoms with van der Waals surface area (Å²) in [5.74, 6) is 1.57. The molecule has 0 radical (unpaired) electrons. The van der Waals surface area contributed by atoms with Gasteiger partial charge in [-0.25, -0.2) is 0 Å². The summed E-state index contributed by atoms with van der Waals surface area (Å²) in [5, 5.41) is 11.1. The molecule has 0 aliphatic carbocycles. The van der Waals surface area contributed by atoms with E-state index >= 15 is 0 Å². The first kappa shape index (κ1) is 14.7. The van der Waals surface area contributed by atoms with Crippen molar-refractivity contribution in [1.29, 1.82) is 0 Å². The van der Waals surface area contributed by atoms with E-state index in [-0.39, 0.29) is 0 Å². The minimum absolute atomic E-state index is 0.679. The molecule has 2 heterocycles. The molecule has 21 heavy (non-hydrogen) atoms. The molecular formula is C17H25NO3. The van der Waals surface area contributed by atoms with Crippen molar-refractivity contribution in [3.05, 3.63) is 23.8 Å². The second-order valence-corrected chi connectivity index (χ2v) is 6.03. The van der Waals surface area contributed by atoms with Crippen LogP contribution in [0.5, 0.6) is 11.5 Å². The molecule has 1 saturated heterocycles. The Labute approximate surface area is 126 Å². The lowest BCUT2D eigenvalue weighted by molar-refractivity contribution is 0.0211. The largest absolute Gasteiger partial charge is 0.490 e. The summed E-state index contributed by atoms with van der Waals surface area (Å²) < 4.78 is 11.4. The summed E-state index contributed by atoms with van der Waals surface area (Å²) in [6, 6.07) is 5.91. The van der Waals surface area contributed by atoms with Gasteiger partial charge < -0.3 is 19.5 Å². The van der Waals surface area contributed by atoms with Gasteiger partial charge in [0.05, 0.1) is 18.8 Å². The van der Waals surface area contributed by atoms with Crippen LogP contribution in [0.4, 0.5) is 0 Å². The number of nitrogens with zero attached hydrogens (tertiary/aromatic N) is 1. The van der Waals surface area contributed by atoms with Crippen molar-refractivity contribution in [2.24, 2.45) is 0 Å². The summed E-state index contributed by atoms with van der Waals surface area (Å²) in [5.41, 5.74) is 0.221. The smallest absolute Gasteiger partial charge is 0.161 e. The van der Waals surface area contributed by atoms with Gasteiger partial charge in [-0.15, -0.1) is 0 Å². The van der Waals surface area contributed by atoms with Crippen molar-refractivity contribution in [2.45, 2.75) is 38.2 Å². The molecule has 116 valence electrons. The van der Waals surface area contributed by atoms with Crippen LogP contribution >= 0.6 is 0 Å². The molecule has 0 bridgehead atoms. The fourth-order valence-corrected chi connectivity index (χ4v) is 3.23. The quantitative estimate of drug-likeness (QED) is 0.909. The predicted octanol–water partition coefficient (Wildman–Crippen LogP) is 2.54. The van der Waals surface area contributed by atoms with E-state index in [1.54, 1.807) is 0 Å². The summed E-state index contributed by atoms with van der Waals surface area (Å²) in [7, 11) is 0. The van der Waals surface area contributed by atoms with Gasteiger partial charge in [0.25, 0.3) is 0 Å². The van der Waals surface area contributed by atoms with Crippen LogP contribution in [0.3, 0.4) is 0 Å². The van der Waals surface area contributed by atoms with Crippen molar-refractivity contribution in [2.75, 3.05) is 32.8 Å². The van der Waals surface area contributed by atoms with Crippen molar-refractivity contribution < 1.29 is 14.6 Å². The lowest BCUT2D eigenvalue weighted by Gasteiger charge is -2.28. The van der Waals surface area contributed by atoms with Gasteiger partial charge >= 0.3 is 0 Å². The van der Waals surface area contributed by atoms with Gasteiger partial charge in [-0.05, 0) is 50.0 Å². The lowest BCUT2D eigenvalue weighted by atomic mass is 9.86. The van der Waals surface area contributed by atoms with E-state index in [1.165, 1.54) is 0 Å². The summed E-state index contributed by atoms with van der Waals surface area (Å²) >= 11 is 0. The molecule has 0 saturated carbocycles.